The Morgan fingerprint density at radius 3 is 0.734 bits per heavy atom. The first-order valence-electron chi connectivity index (χ1n) is 29.5. The van der Waals surface area contributed by atoms with Gasteiger partial charge in [0.15, 0.2) is 0 Å². The molecule has 0 saturated carbocycles. The second-order valence-electron chi connectivity index (χ2n) is 20.7. The smallest absolute Gasteiger partial charge is 0.344 e. The van der Waals surface area contributed by atoms with E-state index in [9.17, 15) is 11.2 Å². The maximum absolute atomic E-state index is 12.8. The van der Waals surface area contributed by atoms with Crippen LogP contribution in [-0.2, 0) is 25.4 Å². The lowest BCUT2D eigenvalue weighted by molar-refractivity contribution is 0.458. The molecule has 0 aromatic heterocycles. The minimum Gasteiger partial charge on any atom is -0.506 e. The van der Waals surface area contributed by atoms with Crippen LogP contribution in [0, 0.1) is 3.57 Å². The quantitative estimate of drug-likeness (QED) is 0.0523. The lowest BCUT2D eigenvalue weighted by Crippen LogP contribution is -2.03. The van der Waals surface area contributed by atoms with Crippen LogP contribution in [-0.4, -0.2) is 5.11 Å². The Bertz CT molecular complexity index is 1180. The monoisotopic (exact) mass is 1010 g/mol. The van der Waals surface area contributed by atoms with Crippen molar-refractivity contribution >= 4 is 19.8 Å². The number of hydrogen-bond donors (Lipinski definition) is 1. The van der Waals surface area contributed by atoms with Gasteiger partial charge in [0.2, 0.25) is 0 Å². The van der Waals surface area contributed by atoms with Crippen molar-refractivity contribution < 1.29 is 11.2 Å². The molecule has 1 aromatic rings. The molecule has 0 radical (unpaired) electrons. The molecule has 64 heavy (non-hydrogen) atoms. The zero-order valence-electron chi connectivity index (χ0n) is 43.8. The number of halogens is 1. The molecule has 0 atom stereocenters. The van der Waals surface area contributed by atoms with Crippen LogP contribution in [0.25, 0.3) is 0 Å². The third-order valence-electron chi connectivity index (χ3n) is 14.5. The Morgan fingerprint density at radius 2 is 0.500 bits per heavy atom. The van der Waals surface area contributed by atoms with Crippen molar-refractivity contribution in [3.8, 4) is 5.75 Å². The van der Waals surface area contributed by atoms with Gasteiger partial charge in [-0.25, -0.2) is 6.14 Å². The molecule has 0 aliphatic rings. The molecular weight excluding hydrogens is 896 g/mol. The van der Waals surface area contributed by atoms with E-state index in [-0.39, 0.29) is 5.75 Å². The van der Waals surface area contributed by atoms with Crippen molar-refractivity contribution in [1.29, 1.82) is 0 Å². The Morgan fingerprint density at radius 1 is 0.297 bits per heavy atom. The van der Waals surface area contributed by atoms with E-state index in [0.29, 0.717) is 3.57 Å². The fourth-order valence-corrected chi connectivity index (χ4v) is 12.0. The molecule has 4 heteroatoms. The molecule has 0 saturated heterocycles. The topological polar surface area (TPSA) is 54.4 Å². The van der Waals surface area contributed by atoms with E-state index in [4.69, 9.17) is 0 Å². The Labute approximate surface area is 409 Å². The Hall–Kier alpha value is -0.650. The number of phenols is 1. The van der Waals surface area contributed by atoms with Gasteiger partial charge in [-0.2, -0.15) is 0 Å². The van der Waals surface area contributed by atoms with E-state index in [1.165, 1.54) is 288 Å². The van der Waals surface area contributed by atoms with E-state index in [0.717, 1.165) is 56.1 Å². The lowest BCUT2D eigenvalue weighted by atomic mass is 9.92. The standard InChI is InChI=1S/C60H113IO3/c1-4-7-10-13-16-19-22-25-28-31-34-37-40-43-46-49-52-56-55-57(53-50-47-44-41-38-35-32-29-26-23-20-17-14-11-8-5-2)59(61(63)64)60(62)58(56)54-51-48-45-42-39-36-33-30-27-24-21-18-15-12-9-6-3/h55,62H,4-54H2,1-3H3. The highest BCUT2D eigenvalue weighted by Gasteiger charge is 2.21. The van der Waals surface area contributed by atoms with Crippen molar-refractivity contribution in [3.63, 3.8) is 0 Å². The predicted octanol–water partition coefficient (Wildman–Crippen LogP) is 22.2. The van der Waals surface area contributed by atoms with Crippen molar-refractivity contribution in [2.24, 2.45) is 0 Å². The summed E-state index contributed by atoms with van der Waals surface area (Å²) in [6.45, 7) is 6.89. The summed E-state index contributed by atoms with van der Waals surface area (Å²) in [5.74, 6) is 0.136. The van der Waals surface area contributed by atoms with E-state index >= 15 is 0 Å². The summed E-state index contributed by atoms with van der Waals surface area (Å²) in [4.78, 5) is 0. The second kappa shape index (κ2) is 48.8. The highest BCUT2D eigenvalue weighted by Crippen LogP contribution is 2.38. The molecule has 0 bridgehead atoms. The Balaban J connectivity index is 2.52. The highest BCUT2D eigenvalue weighted by atomic mass is 127. The second-order valence-corrected chi connectivity index (χ2v) is 23.0. The molecule has 0 heterocycles. The maximum atomic E-state index is 12.8. The summed E-state index contributed by atoms with van der Waals surface area (Å²) in [7, 11) is 0. The number of hydrogen-bond acceptors (Lipinski definition) is 3. The number of benzene rings is 1. The van der Waals surface area contributed by atoms with Crippen LogP contribution in [0.2, 0.25) is 0 Å². The van der Waals surface area contributed by atoms with Crippen LogP contribution in [0.4, 0.5) is 0 Å². The number of unbranched alkanes of at least 4 members (excludes halogenated alkanes) is 45. The third kappa shape index (κ3) is 37.3. The molecule has 1 aromatic carbocycles. The number of phenolic OH excluding ortho intramolecular Hbond substituents is 1. The van der Waals surface area contributed by atoms with Gasteiger partial charge >= 0.3 is 19.8 Å². The number of rotatable bonds is 52. The summed E-state index contributed by atoms with van der Waals surface area (Å²) in [5.41, 5.74) is 3.13. The zero-order valence-corrected chi connectivity index (χ0v) is 45.9. The Kier molecular flexibility index (Phi) is 46.8. The van der Waals surface area contributed by atoms with Crippen molar-refractivity contribution in [2.75, 3.05) is 0 Å². The number of aryl methyl sites for hydroxylation is 2. The van der Waals surface area contributed by atoms with E-state index < -0.39 is 19.8 Å². The fourth-order valence-electron chi connectivity index (χ4n) is 10.2. The van der Waals surface area contributed by atoms with Gasteiger partial charge in [0.05, 0.1) is 0 Å². The van der Waals surface area contributed by atoms with E-state index in [1.807, 2.05) is 0 Å². The van der Waals surface area contributed by atoms with Crippen molar-refractivity contribution in [2.45, 2.75) is 348 Å². The van der Waals surface area contributed by atoms with Gasteiger partial charge in [-0.1, -0.05) is 316 Å². The molecule has 0 aliphatic carbocycles. The first-order chi connectivity index (χ1) is 31.6. The molecule has 0 spiro atoms. The maximum Gasteiger partial charge on any atom is 0.344 e. The lowest BCUT2D eigenvalue weighted by Gasteiger charge is -2.17. The molecule has 1 rings (SSSR count). The largest absolute Gasteiger partial charge is 0.506 e. The fraction of sp³-hybridized carbons (Fsp3) is 0.900. The van der Waals surface area contributed by atoms with Gasteiger partial charge in [-0.05, 0) is 55.2 Å². The zero-order chi connectivity index (χ0) is 46.2. The minimum atomic E-state index is -3.85. The third-order valence-corrected chi connectivity index (χ3v) is 16.6. The highest BCUT2D eigenvalue weighted by molar-refractivity contribution is 14.2. The summed E-state index contributed by atoms with van der Waals surface area (Å²) in [6.07, 6.45) is 67.4. The minimum absolute atomic E-state index is 0.136. The molecule has 0 aliphatic heterocycles. The SMILES string of the molecule is CCCCCCCCCCCCCCCCCCc1cc(CCCCCCCCCCCCCCCCCC)c(I(=O)=O)c(O)c1CCCCCCCCCCCCCCCCCC. The van der Waals surface area contributed by atoms with Crippen molar-refractivity contribution in [1.82, 2.24) is 0 Å². The van der Waals surface area contributed by atoms with Crippen molar-refractivity contribution in [3.05, 3.63) is 26.3 Å². The van der Waals surface area contributed by atoms with E-state index in [1.54, 1.807) is 0 Å². The average molecular weight is 1010 g/mol. The van der Waals surface area contributed by atoms with Gasteiger partial charge < -0.3 is 5.11 Å². The number of aromatic hydroxyl groups is 1. The average Bonchev–Trinajstić information content (AvgIpc) is 3.29. The van der Waals surface area contributed by atoms with Crippen LogP contribution >= 0.6 is 19.8 Å². The normalized spacial score (nSPS) is 11.8. The van der Waals surface area contributed by atoms with Crippen LogP contribution in [0.1, 0.15) is 346 Å². The molecule has 0 fully saturated rings. The van der Waals surface area contributed by atoms with Crippen LogP contribution in [0.5, 0.6) is 5.75 Å². The molecule has 0 amide bonds. The van der Waals surface area contributed by atoms with Gasteiger partial charge in [0.25, 0.3) is 0 Å². The van der Waals surface area contributed by atoms with Gasteiger partial charge in [-0.3, -0.25) is 0 Å². The summed E-state index contributed by atoms with van der Waals surface area (Å²) < 4.78 is 25.9. The molecule has 0 unspecified atom stereocenters. The van der Waals surface area contributed by atoms with Gasteiger partial charge in [0, 0.05) is 0 Å². The summed E-state index contributed by atoms with van der Waals surface area (Å²) >= 11 is -3.85. The van der Waals surface area contributed by atoms with Crippen LogP contribution < -0.4 is 0 Å². The van der Waals surface area contributed by atoms with Crippen LogP contribution in [0.3, 0.4) is 0 Å². The predicted molar refractivity (Wildman–Crippen MR) is 292 cm³/mol. The summed E-state index contributed by atoms with van der Waals surface area (Å²) in [6, 6.07) is 2.24. The van der Waals surface area contributed by atoms with Crippen LogP contribution in [0.15, 0.2) is 6.07 Å². The van der Waals surface area contributed by atoms with E-state index in [2.05, 4.69) is 26.8 Å². The first kappa shape index (κ1) is 61.4. The molecular formula is C60H113IO3. The molecule has 3 nitrogen and oxygen atoms in total. The van der Waals surface area contributed by atoms with Gasteiger partial charge in [0.1, 0.15) is 9.32 Å². The van der Waals surface area contributed by atoms with Gasteiger partial charge in [-0.15, -0.1) is 0 Å². The summed E-state index contributed by atoms with van der Waals surface area (Å²) in [5, 5.41) is 11.7. The molecule has 1 N–H and O–H groups in total. The molecule has 378 valence electrons. The first-order valence-corrected chi connectivity index (χ1v) is 32.3.